The maximum absolute atomic E-state index is 13.1. The summed E-state index contributed by atoms with van der Waals surface area (Å²) < 4.78 is 44.8. The molecule has 3 aromatic rings. The van der Waals surface area contributed by atoms with Gasteiger partial charge in [-0.15, -0.1) is 0 Å². The maximum atomic E-state index is 13.1. The van der Waals surface area contributed by atoms with Crippen LogP contribution in [0, 0.1) is 5.92 Å². The van der Waals surface area contributed by atoms with Gasteiger partial charge in [-0.2, -0.15) is 13.2 Å². The molecule has 2 atom stereocenters. The third-order valence-corrected chi connectivity index (χ3v) is 6.02. The number of nitrogens with one attached hydrogen (secondary N) is 3. The Kier molecular flexibility index (Phi) is 9.11. The van der Waals surface area contributed by atoms with Crippen LogP contribution in [0.4, 0.5) is 19.0 Å². The zero-order valence-corrected chi connectivity index (χ0v) is 21.9. The summed E-state index contributed by atoms with van der Waals surface area (Å²) >= 11 is 0. The second-order valence-electron chi connectivity index (χ2n) is 8.44. The number of aromatic nitrogens is 2. The van der Waals surface area contributed by atoms with Crippen molar-refractivity contribution in [2.24, 2.45) is 5.92 Å². The van der Waals surface area contributed by atoms with E-state index in [2.05, 4.69) is 20.6 Å². The summed E-state index contributed by atoms with van der Waals surface area (Å²) in [7, 11) is 1.50. The van der Waals surface area contributed by atoms with Crippen molar-refractivity contribution in [1.29, 1.82) is 0 Å². The number of aromatic amines is 1. The number of hydrogen-bond donors (Lipinski definition) is 3. The first kappa shape index (κ1) is 28.6. The van der Waals surface area contributed by atoms with Gasteiger partial charge in [-0.3, -0.25) is 9.59 Å². The molecule has 0 saturated carbocycles. The Balaban J connectivity index is 0.00000195. The van der Waals surface area contributed by atoms with Gasteiger partial charge in [-0.1, -0.05) is 26.8 Å². The molecular formula is C28H31F3N4O3. The fraction of sp³-hybridized carbons (Fsp3) is 0.321. The molecule has 1 aliphatic carbocycles. The Morgan fingerprint density at radius 1 is 1.18 bits per heavy atom. The van der Waals surface area contributed by atoms with Crippen LogP contribution in [0.3, 0.4) is 0 Å². The Morgan fingerprint density at radius 2 is 1.92 bits per heavy atom. The van der Waals surface area contributed by atoms with E-state index in [4.69, 9.17) is 4.74 Å². The number of carbonyl (C=O) groups is 1. The number of halogens is 3. The highest BCUT2D eigenvalue weighted by Gasteiger charge is 2.31. The number of rotatable bonds is 6. The van der Waals surface area contributed by atoms with Crippen LogP contribution in [0.15, 0.2) is 65.2 Å². The Bertz CT molecular complexity index is 1430. The monoisotopic (exact) mass is 528 g/mol. The molecule has 0 radical (unpaired) electrons. The third-order valence-electron chi connectivity index (χ3n) is 6.02. The van der Waals surface area contributed by atoms with Crippen molar-refractivity contribution in [2.75, 3.05) is 19.0 Å². The van der Waals surface area contributed by atoms with Crippen LogP contribution >= 0.6 is 0 Å². The molecule has 2 unspecified atom stereocenters. The van der Waals surface area contributed by atoms with E-state index in [1.165, 1.54) is 19.2 Å². The van der Waals surface area contributed by atoms with Crippen LogP contribution in [-0.4, -0.2) is 35.6 Å². The molecular weight excluding hydrogens is 497 g/mol. The molecule has 0 bridgehead atoms. The van der Waals surface area contributed by atoms with Gasteiger partial charge in [0.1, 0.15) is 5.82 Å². The molecule has 1 amide bonds. The minimum atomic E-state index is -4.57. The molecule has 202 valence electrons. The number of H-pyrrole nitrogens is 1. The summed E-state index contributed by atoms with van der Waals surface area (Å²) in [6.45, 7) is 8.51. The van der Waals surface area contributed by atoms with Crippen LogP contribution in [0.2, 0.25) is 0 Å². The minimum Gasteiger partial charge on any atom is -0.377 e. The van der Waals surface area contributed by atoms with Crippen molar-refractivity contribution in [3.05, 3.63) is 87.5 Å². The molecule has 2 aromatic heterocycles. The summed E-state index contributed by atoms with van der Waals surface area (Å²) in [4.78, 5) is 33.0. The summed E-state index contributed by atoms with van der Waals surface area (Å²) in [5, 5.41) is 6.46. The van der Waals surface area contributed by atoms with E-state index in [0.29, 0.717) is 34.7 Å². The lowest BCUT2D eigenvalue weighted by Crippen LogP contribution is -2.31. The Morgan fingerprint density at radius 3 is 2.58 bits per heavy atom. The molecule has 2 heterocycles. The zero-order chi connectivity index (χ0) is 28.0. The number of nitrogens with zero attached hydrogens (tertiary/aromatic N) is 1. The number of ether oxygens (including phenoxy) is 1. The molecule has 3 N–H and O–H groups in total. The highest BCUT2D eigenvalue weighted by atomic mass is 19.4. The number of methoxy groups -OCH3 is 1. The lowest BCUT2D eigenvalue weighted by molar-refractivity contribution is -0.137. The molecule has 10 heteroatoms. The van der Waals surface area contributed by atoms with E-state index in [1.54, 1.807) is 30.5 Å². The topological polar surface area (TPSA) is 96.1 Å². The van der Waals surface area contributed by atoms with E-state index < -0.39 is 23.8 Å². The van der Waals surface area contributed by atoms with Crippen molar-refractivity contribution in [2.45, 2.75) is 40.0 Å². The fourth-order valence-electron chi connectivity index (χ4n) is 4.15. The number of hydrogen-bond acceptors (Lipinski definition) is 5. The van der Waals surface area contributed by atoms with Crippen LogP contribution in [-0.2, 0) is 10.9 Å². The average molecular weight is 529 g/mol. The normalized spacial score (nSPS) is 17.2. The van der Waals surface area contributed by atoms with Gasteiger partial charge < -0.3 is 20.4 Å². The number of benzene rings is 1. The van der Waals surface area contributed by atoms with Crippen LogP contribution in [0.5, 0.6) is 0 Å². The van der Waals surface area contributed by atoms with Gasteiger partial charge in [0.25, 0.3) is 11.5 Å². The van der Waals surface area contributed by atoms with E-state index >= 15 is 0 Å². The van der Waals surface area contributed by atoms with E-state index in [0.717, 1.165) is 17.5 Å². The first-order chi connectivity index (χ1) is 18.1. The largest absolute Gasteiger partial charge is 0.416 e. The van der Waals surface area contributed by atoms with Crippen LogP contribution in [0.1, 0.15) is 49.2 Å². The lowest BCUT2D eigenvalue weighted by atomic mass is 9.85. The van der Waals surface area contributed by atoms with Gasteiger partial charge in [0, 0.05) is 54.0 Å². The molecule has 4 rings (SSSR count). The second-order valence-corrected chi connectivity index (χ2v) is 8.44. The summed E-state index contributed by atoms with van der Waals surface area (Å²) in [5.74, 6) is -0.308. The number of alkyl halides is 3. The molecule has 0 spiro atoms. The number of carbonyl (C=O) groups excluding carboxylic acids is 1. The standard InChI is InChI=1S/C26H25F3N4O3.C2H6/c1-4-30-23-12-21-16(13-31-23)9-20(25(35)33-21)19-10-18(11-22(36-3)14(19)2)32-24(34)15-6-5-7-17(8-15)26(27,28)29;1-2/h5-14,22H,4H2,1-3H3,(H,30,31)(H,32,34)(H,33,35);1-2H3. The number of pyridine rings is 2. The van der Waals surface area contributed by atoms with Crippen molar-refractivity contribution in [3.63, 3.8) is 0 Å². The SMILES string of the molecule is CC.CCNc1cc2[nH]c(=O)c(C3=CC(NC(=O)c4cccc(C(F)(F)F)c4)=CC(OC)C3C)cc2cn1. The van der Waals surface area contributed by atoms with Gasteiger partial charge in [-0.25, -0.2) is 4.98 Å². The maximum Gasteiger partial charge on any atom is 0.416 e. The van der Waals surface area contributed by atoms with Crippen molar-refractivity contribution < 1.29 is 22.7 Å². The zero-order valence-electron chi connectivity index (χ0n) is 21.9. The van der Waals surface area contributed by atoms with Gasteiger partial charge >= 0.3 is 6.18 Å². The summed E-state index contributed by atoms with van der Waals surface area (Å²) in [6, 6.07) is 7.66. The second kappa shape index (κ2) is 12.1. The minimum absolute atomic E-state index is 0.139. The predicted molar refractivity (Wildman–Crippen MR) is 143 cm³/mol. The summed E-state index contributed by atoms with van der Waals surface area (Å²) in [6.07, 6.45) is -0.0857. The number of anilines is 1. The van der Waals surface area contributed by atoms with Gasteiger partial charge in [0.2, 0.25) is 0 Å². The highest BCUT2D eigenvalue weighted by molar-refractivity contribution is 5.96. The van der Waals surface area contributed by atoms with E-state index in [9.17, 15) is 22.8 Å². The first-order valence-corrected chi connectivity index (χ1v) is 12.3. The Hall–Kier alpha value is -3.92. The third kappa shape index (κ3) is 6.31. The van der Waals surface area contributed by atoms with Crippen molar-refractivity contribution >= 4 is 28.2 Å². The molecule has 1 aromatic carbocycles. The van der Waals surface area contributed by atoms with Gasteiger partial charge in [0.05, 0.1) is 17.2 Å². The molecule has 0 aliphatic heterocycles. The molecule has 38 heavy (non-hydrogen) atoms. The number of fused-ring (bicyclic) bond motifs is 1. The quantitative estimate of drug-likeness (QED) is 0.378. The molecule has 1 aliphatic rings. The number of allylic oxidation sites excluding steroid dienone is 1. The Labute approximate surface area is 218 Å². The molecule has 0 saturated heterocycles. The molecule has 0 fully saturated rings. The first-order valence-electron chi connectivity index (χ1n) is 12.3. The predicted octanol–water partition coefficient (Wildman–Crippen LogP) is 5.76. The van der Waals surface area contributed by atoms with Crippen molar-refractivity contribution in [1.82, 2.24) is 15.3 Å². The summed E-state index contributed by atoms with van der Waals surface area (Å²) in [5.41, 5.74) is 0.555. The average Bonchev–Trinajstić information content (AvgIpc) is 2.90. The highest BCUT2D eigenvalue weighted by Crippen LogP contribution is 2.33. The lowest BCUT2D eigenvalue weighted by Gasteiger charge is -2.28. The van der Waals surface area contributed by atoms with Gasteiger partial charge in [-0.05, 0) is 48.9 Å². The smallest absolute Gasteiger partial charge is 0.377 e. The van der Waals surface area contributed by atoms with Crippen LogP contribution in [0.25, 0.3) is 16.5 Å². The van der Waals surface area contributed by atoms with E-state index in [1.807, 2.05) is 27.7 Å². The number of amides is 1. The van der Waals surface area contributed by atoms with E-state index in [-0.39, 0.29) is 17.0 Å². The van der Waals surface area contributed by atoms with Crippen molar-refractivity contribution in [3.8, 4) is 0 Å². The molecule has 7 nitrogen and oxygen atoms in total. The van der Waals surface area contributed by atoms with Gasteiger partial charge in [0.15, 0.2) is 0 Å². The fourth-order valence-corrected chi connectivity index (χ4v) is 4.15. The van der Waals surface area contributed by atoms with Crippen LogP contribution < -0.4 is 16.2 Å².